The Morgan fingerprint density at radius 1 is 1.27 bits per heavy atom. The maximum atomic E-state index is 4.71. The summed E-state index contributed by atoms with van der Waals surface area (Å²) in [5.74, 6) is 0. The highest BCUT2D eigenvalue weighted by Gasteiger charge is 2.34. The van der Waals surface area contributed by atoms with Crippen molar-refractivity contribution in [3.63, 3.8) is 0 Å². The maximum absolute atomic E-state index is 4.71. The number of benzene rings is 1. The van der Waals surface area contributed by atoms with Gasteiger partial charge >= 0.3 is 0 Å². The monoisotopic (exact) mass is 221 g/mol. The van der Waals surface area contributed by atoms with Crippen LogP contribution in [-0.2, 0) is 0 Å². The molecule has 1 aliphatic heterocycles. The van der Waals surface area contributed by atoms with Crippen molar-refractivity contribution in [1.29, 1.82) is 0 Å². The quantitative estimate of drug-likeness (QED) is 0.751. The third-order valence-corrected chi connectivity index (χ3v) is 3.75. The number of rotatable bonds is 2. The van der Waals surface area contributed by atoms with Crippen LogP contribution in [0.1, 0.15) is 31.9 Å². The third kappa shape index (κ3) is 2.21. The Hall–Kier alpha value is -0.470. The first kappa shape index (κ1) is 11.0. The summed E-state index contributed by atoms with van der Waals surface area (Å²) >= 11 is 4.71. The van der Waals surface area contributed by atoms with Crippen LogP contribution in [0, 0.1) is 0 Å². The van der Waals surface area contributed by atoms with E-state index < -0.39 is 0 Å². The van der Waals surface area contributed by atoms with Gasteiger partial charge in [-0.15, -0.1) is 0 Å². The second-order valence-corrected chi connectivity index (χ2v) is 5.21. The van der Waals surface area contributed by atoms with Crippen LogP contribution in [0.3, 0.4) is 0 Å². The van der Waals surface area contributed by atoms with Gasteiger partial charge in [-0.25, -0.2) is 0 Å². The van der Waals surface area contributed by atoms with Crippen LogP contribution >= 0.6 is 12.6 Å². The van der Waals surface area contributed by atoms with Gasteiger partial charge in [-0.2, -0.15) is 12.6 Å². The first-order valence-electron chi connectivity index (χ1n) is 5.69. The fourth-order valence-electron chi connectivity index (χ4n) is 2.44. The van der Waals surface area contributed by atoms with Crippen LogP contribution in [-0.4, -0.2) is 22.7 Å². The molecule has 82 valence electrons. The van der Waals surface area contributed by atoms with Crippen LogP contribution in [0.15, 0.2) is 30.3 Å². The summed E-state index contributed by atoms with van der Waals surface area (Å²) in [6.45, 7) is 5.70. The molecule has 0 aliphatic carbocycles. The molecule has 0 N–H and O–H groups in total. The van der Waals surface area contributed by atoms with Gasteiger partial charge in [0.25, 0.3) is 0 Å². The van der Waals surface area contributed by atoms with Gasteiger partial charge in [-0.3, -0.25) is 4.90 Å². The fraction of sp³-hybridized carbons (Fsp3) is 0.538. The third-order valence-electron chi connectivity index (χ3n) is 3.21. The summed E-state index contributed by atoms with van der Waals surface area (Å²) in [5.41, 5.74) is 1.41. The van der Waals surface area contributed by atoms with Crippen molar-refractivity contribution in [3.8, 4) is 0 Å². The van der Waals surface area contributed by atoms with Gasteiger partial charge in [0.2, 0.25) is 0 Å². The van der Waals surface area contributed by atoms with Crippen molar-refractivity contribution >= 4 is 12.6 Å². The summed E-state index contributed by atoms with van der Waals surface area (Å²) in [4.78, 5) is 2.55. The highest BCUT2D eigenvalue weighted by molar-refractivity contribution is 7.81. The summed E-state index contributed by atoms with van der Waals surface area (Å²) in [5, 5.41) is 0.481. The molecule has 15 heavy (non-hydrogen) atoms. The highest BCUT2D eigenvalue weighted by Crippen LogP contribution is 2.36. The fourth-order valence-corrected chi connectivity index (χ4v) is 2.90. The molecule has 2 rings (SSSR count). The van der Waals surface area contributed by atoms with Crippen LogP contribution in [0.25, 0.3) is 0 Å². The van der Waals surface area contributed by atoms with E-state index in [-0.39, 0.29) is 0 Å². The molecule has 0 bridgehead atoms. The van der Waals surface area contributed by atoms with E-state index >= 15 is 0 Å². The zero-order chi connectivity index (χ0) is 10.8. The molecule has 0 spiro atoms. The van der Waals surface area contributed by atoms with Gasteiger partial charge in [0, 0.05) is 23.9 Å². The lowest BCUT2D eigenvalue weighted by molar-refractivity contribution is 0.207. The molecule has 2 atom stereocenters. The Labute approximate surface area is 97.9 Å². The molecule has 0 aromatic heterocycles. The van der Waals surface area contributed by atoms with Crippen molar-refractivity contribution in [3.05, 3.63) is 35.9 Å². The van der Waals surface area contributed by atoms with Gasteiger partial charge in [-0.05, 0) is 25.8 Å². The smallest absolute Gasteiger partial charge is 0.0467 e. The molecule has 0 radical (unpaired) electrons. The van der Waals surface area contributed by atoms with Crippen molar-refractivity contribution in [2.24, 2.45) is 0 Å². The van der Waals surface area contributed by atoms with E-state index in [1.807, 2.05) is 0 Å². The summed E-state index contributed by atoms with van der Waals surface area (Å²) < 4.78 is 0. The molecule has 1 fully saturated rings. The summed E-state index contributed by atoms with van der Waals surface area (Å²) in [7, 11) is 0. The Morgan fingerprint density at radius 2 is 1.93 bits per heavy atom. The number of nitrogens with zero attached hydrogens (tertiary/aromatic N) is 1. The zero-order valence-corrected chi connectivity index (χ0v) is 10.3. The molecule has 1 aromatic rings. The van der Waals surface area contributed by atoms with Crippen LogP contribution in [0.2, 0.25) is 0 Å². The number of thiol groups is 1. The van der Waals surface area contributed by atoms with E-state index in [9.17, 15) is 0 Å². The van der Waals surface area contributed by atoms with Crippen molar-refractivity contribution in [2.75, 3.05) is 6.54 Å². The second-order valence-electron chi connectivity index (χ2n) is 4.54. The van der Waals surface area contributed by atoms with E-state index in [4.69, 9.17) is 12.6 Å². The molecule has 1 nitrogen and oxygen atoms in total. The number of hydrogen-bond acceptors (Lipinski definition) is 2. The molecule has 1 saturated heterocycles. The topological polar surface area (TPSA) is 3.24 Å². The second kappa shape index (κ2) is 4.58. The largest absolute Gasteiger partial charge is 0.293 e. The summed E-state index contributed by atoms with van der Waals surface area (Å²) in [6, 6.07) is 11.8. The van der Waals surface area contributed by atoms with E-state index in [1.54, 1.807) is 0 Å². The van der Waals surface area contributed by atoms with Gasteiger partial charge in [0.05, 0.1) is 0 Å². The van der Waals surface area contributed by atoms with Crippen molar-refractivity contribution in [1.82, 2.24) is 4.90 Å². The SMILES string of the molecule is CC(C)N1CCC(S)C1c1ccccc1. The van der Waals surface area contributed by atoms with Crippen molar-refractivity contribution in [2.45, 2.75) is 37.6 Å². The Kier molecular flexibility index (Phi) is 3.37. The first-order chi connectivity index (χ1) is 7.20. The predicted molar refractivity (Wildman–Crippen MR) is 68.4 cm³/mol. The molecule has 2 heteroatoms. The van der Waals surface area contributed by atoms with E-state index in [2.05, 4.69) is 49.1 Å². The minimum Gasteiger partial charge on any atom is -0.293 e. The maximum Gasteiger partial charge on any atom is 0.0467 e. The lowest BCUT2D eigenvalue weighted by atomic mass is 10.0. The van der Waals surface area contributed by atoms with E-state index in [1.165, 1.54) is 18.5 Å². The van der Waals surface area contributed by atoms with Crippen LogP contribution in [0.5, 0.6) is 0 Å². The molecule has 0 amide bonds. The number of hydrogen-bond donors (Lipinski definition) is 1. The molecule has 0 saturated carbocycles. The summed E-state index contributed by atoms with van der Waals surface area (Å²) in [6.07, 6.45) is 1.20. The Morgan fingerprint density at radius 3 is 2.53 bits per heavy atom. The molecule has 2 unspecified atom stereocenters. The predicted octanol–water partition coefficient (Wildman–Crippen LogP) is 3.14. The van der Waals surface area contributed by atoms with Crippen molar-refractivity contribution < 1.29 is 0 Å². The normalized spacial score (nSPS) is 27.5. The van der Waals surface area contributed by atoms with Gasteiger partial charge < -0.3 is 0 Å². The Bertz CT molecular complexity index is 310. The molecular weight excluding hydrogens is 202 g/mol. The average Bonchev–Trinajstić information content (AvgIpc) is 2.61. The van der Waals surface area contributed by atoms with E-state index in [0.717, 1.165) is 0 Å². The average molecular weight is 221 g/mol. The van der Waals surface area contributed by atoms with Crippen LogP contribution < -0.4 is 0 Å². The Balaban J connectivity index is 2.25. The standard InChI is InChI=1S/C13H19NS/c1-10(2)14-9-8-12(15)13(14)11-6-4-3-5-7-11/h3-7,10,12-13,15H,8-9H2,1-2H3. The van der Waals surface area contributed by atoms with Gasteiger partial charge in [0.1, 0.15) is 0 Å². The minimum atomic E-state index is 0.481. The molecule has 1 aromatic carbocycles. The minimum absolute atomic E-state index is 0.481. The number of likely N-dealkylation sites (tertiary alicyclic amines) is 1. The molecular formula is C13H19NS. The van der Waals surface area contributed by atoms with E-state index in [0.29, 0.717) is 17.3 Å². The zero-order valence-electron chi connectivity index (χ0n) is 9.43. The molecule has 1 heterocycles. The van der Waals surface area contributed by atoms with Gasteiger partial charge in [0.15, 0.2) is 0 Å². The van der Waals surface area contributed by atoms with Gasteiger partial charge in [-0.1, -0.05) is 30.3 Å². The lowest BCUT2D eigenvalue weighted by Gasteiger charge is -2.30. The van der Waals surface area contributed by atoms with Crippen LogP contribution in [0.4, 0.5) is 0 Å². The first-order valence-corrected chi connectivity index (χ1v) is 6.20. The molecule has 1 aliphatic rings. The highest BCUT2D eigenvalue weighted by atomic mass is 32.1. The lowest BCUT2D eigenvalue weighted by Crippen LogP contribution is -2.32.